The first-order valence-corrected chi connectivity index (χ1v) is 13.3. The number of pyridine rings is 1. The fraction of sp³-hybridized carbons (Fsp3) is 0.323. The Morgan fingerprint density at radius 1 is 1.05 bits per heavy atom. The van der Waals surface area contributed by atoms with Gasteiger partial charge in [0.15, 0.2) is 0 Å². The lowest BCUT2D eigenvalue weighted by molar-refractivity contribution is -0.140. The largest absolute Gasteiger partial charge is 0.507 e. The molecule has 39 heavy (non-hydrogen) atoms. The van der Waals surface area contributed by atoms with Gasteiger partial charge in [0.2, 0.25) is 0 Å². The minimum atomic E-state index is -0.710. The van der Waals surface area contributed by atoms with E-state index in [4.69, 9.17) is 9.47 Å². The molecular weight excluding hydrogens is 494 g/mol. The summed E-state index contributed by atoms with van der Waals surface area (Å²) in [6.07, 6.45) is 3.99. The normalized spacial score (nSPS) is 19.4. The van der Waals surface area contributed by atoms with Crippen molar-refractivity contribution in [2.75, 3.05) is 39.4 Å². The zero-order valence-electron chi connectivity index (χ0n) is 22.1. The van der Waals surface area contributed by atoms with Gasteiger partial charge in [0, 0.05) is 44.1 Å². The molecule has 2 saturated heterocycles. The quantitative estimate of drug-likeness (QED) is 0.254. The number of amides is 1. The van der Waals surface area contributed by atoms with Crippen LogP contribution in [-0.2, 0) is 20.9 Å². The number of carbonyl (C=O) groups is 2. The maximum Gasteiger partial charge on any atom is 0.295 e. The van der Waals surface area contributed by atoms with Crippen LogP contribution in [0.5, 0.6) is 5.75 Å². The average molecular weight is 528 g/mol. The third-order valence-corrected chi connectivity index (χ3v) is 7.20. The summed E-state index contributed by atoms with van der Waals surface area (Å²) in [6.45, 7) is 6.62. The van der Waals surface area contributed by atoms with E-state index in [0.29, 0.717) is 49.7 Å². The molecule has 3 aromatic rings. The average Bonchev–Trinajstić information content (AvgIpc) is 3.23. The van der Waals surface area contributed by atoms with E-state index in [9.17, 15) is 14.7 Å². The van der Waals surface area contributed by atoms with Gasteiger partial charge >= 0.3 is 0 Å². The number of nitrogens with zero attached hydrogens (tertiary/aromatic N) is 3. The number of hydrogen-bond donors (Lipinski definition) is 1. The molecule has 0 radical (unpaired) electrons. The van der Waals surface area contributed by atoms with E-state index in [1.54, 1.807) is 41.6 Å². The second-order valence-corrected chi connectivity index (χ2v) is 9.84. The number of aliphatic hydroxyl groups excluding tert-OH is 1. The van der Waals surface area contributed by atoms with Crippen LogP contribution in [0.2, 0.25) is 0 Å². The molecule has 8 heteroatoms. The van der Waals surface area contributed by atoms with Gasteiger partial charge in [-0.2, -0.15) is 0 Å². The van der Waals surface area contributed by atoms with Crippen LogP contribution in [0.1, 0.15) is 34.7 Å². The first-order chi connectivity index (χ1) is 19.0. The van der Waals surface area contributed by atoms with Crippen LogP contribution in [0.15, 0.2) is 78.6 Å². The van der Waals surface area contributed by atoms with Gasteiger partial charge in [0.25, 0.3) is 11.7 Å². The molecule has 2 aromatic carbocycles. The van der Waals surface area contributed by atoms with Crippen molar-refractivity contribution in [1.82, 2.24) is 14.8 Å². The van der Waals surface area contributed by atoms with Gasteiger partial charge < -0.3 is 19.5 Å². The number of rotatable bonds is 9. The number of morpholine rings is 1. The van der Waals surface area contributed by atoms with Crippen molar-refractivity contribution in [2.45, 2.75) is 26.0 Å². The van der Waals surface area contributed by atoms with Gasteiger partial charge in [-0.3, -0.25) is 19.5 Å². The summed E-state index contributed by atoms with van der Waals surface area (Å²) in [4.78, 5) is 34.6. The maximum absolute atomic E-state index is 13.3. The molecule has 5 rings (SSSR count). The fourth-order valence-corrected chi connectivity index (χ4v) is 5.13. The SMILES string of the molecule is Cc1cc(C(O)=C2C(=O)C(=O)N(CCCN3CCOCC3)[C@@H]2c2cccnc2)ccc1OCc1ccccc1. The number of aliphatic hydroxyl groups is 1. The lowest BCUT2D eigenvalue weighted by atomic mass is 9.95. The summed E-state index contributed by atoms with van der Waals surface area (Å²) in [5, 5.41) is 11.4. The molecule has 0 spiro atoms. The fourth-order valence-electron chi connectivity index (χ4n) is 5.13. The van der Waals surface area contributed by atoms with Gasteiger partial charge in [-0.15, -0.1) is 0 Å². The second kappa shape index (κ2) is 12.2. The van der Waals surface area contributed by atoms with Crippen LogP contribution >= 0.6 is 0 Å². The number of ether oxygens (including phenoxy) is 2. The number of benzene rings is 2. The van der Waals surface area contributed by atoms with Crippen molar-refractivity contribution in [3.63, 3.8) is 0 Å². The van der Waals surface area contributed by atoms with Crippen molar-refractivity contribution >= 4 is 17.4 Å². The second-order valence-electron chi connectivity index (χ2n) is 9.84. The highest BCUT2D eigenvalue weighted by molar-refractivity contribution is 6.46. The number of aromatic nitrogens is 1. The highest BCUT2D eigenvalue weighted by Gasteiger charge is 2.46. The van der Waals surface area contributed by atoms with E-state index in [-0.39, 0.29) is 11.3 Å². The summed E-state index contributed by atoms with van der Waals surface area (Å²) >= 11 is 0. The number of ketones is 1. The minimum absolute atomic E-state index is 0.0803. The Bertz CT molecular complexity index is 1340. The lowest BCUT2D eigenvalue weighted by Gasteiger charge is -2.29. The molecule has 2 fully saturated rings. The van der Waals surface area contributed by atoms with Gasteiger partial charge in [-0.25, -0.2) is 0 Å². The molecule has 2 aliphatic rings. The molecule has 0 bridgehead atoms. The molecule has 0 unspecified atom stereocenters. The Labute approximate surface area is 228 Å². The summed E-state index contributed by atoms with van der Waals surface area (Å²) in [6, 6.07) is 18.0. The Kier molecular flexibility index (Phi) is 8.34. The monoisotopic (exact) mass is 527 g/mol. The van der Waals surface area contributed by atoms with Crippen LogP contribution in [0.3, 0.4) is 0 Å². The molecular formula is C31H33N3O5. The molecule has 1 atom stereocenters. The summed E-state index contributed by atoms with van der Waals surface area (Å²) in [7, 11) is 0. The molecule has 0 aliphatic carbocycles. The van der Waals surface area contributed by atoms with E-state index in [2.05, 4.69) is 9.88 Å². The number of hydrogen-bond acceptors (Lipinski definition) is 7. The summed E-state index contributed by atoms with van der Waals surface area (Å²) in [5.41, 5.74) is 3.09. The molecule has 3 heterocycles. The molecule has 1 N–H and O–H groups in total. The Morgan fingerprint density at radius 3 is 2.56 bits per heavy atom. The van der Waals surface area contributed by atoms with Crippen molar-refractivity contribution in [1.29, 1.82) is 0 Å². The predicted molar refractivity (Wildman–Crippen MR) is 147 cm³/mol. The van der Waals surface area contributed by atoms with Crippen molar-refractivity contribution < 1.29 is 24.2 Å². The Morgan fingerprint density at radius 2 is 1.85 bits per heavy atom. The predicted octanol–water partition coefficient (Wildman–Crippen LogP) is 4.11. The van der Waals surface area contributed by atoms with Gasteiger partial charge in [-0.1, -0.05) is 36.4 Å². The summed E-state index contributed by atoms with van der Waals surface area (Å²) in [5.74, 6) is -0.805. The lowest BCUT2D eigenvalue weighted by Crippen LogP contribution is -2.39. The van der Waals surface area contributed by atoms with E-state index in [1.165, 1.54) is 0 Å². The smallest absolute Gasteiger partial charge is 0.295 e. The molecule has 202 valence electrons. The van der Waals surface area contributed by atoms with Crippen LogP contribution in [0.4, 0.5) is 0 Å². The number of Topliss-reactive ketones (excluding diaryl/α,β-unsaturated/α-hetero) is 1. The zero-order valence-corrected chi connectivity index (χ0v) is 22.1. The third kappa shape index (κ3) is 6.02. The summed E-state index contributed by atoms with van der Waals surface area (Å²) < 4.78 is 11.4. The van der Waals surface area contributed by atoms with Crippen LogP contribution in [-0.4, -0.2) is 71.0 Å². The van der Waals surface area contributed by atoms with E-state index in [1.807, 2.05) is 43.3 Å². The van der Waals surface area contributed by atoms with Crippen molar-refractivity contribution in [3.8, 4) is 5.75 Å². The van der Waals surface area contributed by atoms with E-state index < -0.39 is 17.7 Å². The molecule has 8 nitrogen and oxygen atoms in total. The van der Waals surface area contributed by atoms with E-state index >= 15 is 0 Å². The Balaban J connectivity index is 1.40. The van der Waals surface area contributed by atoms with Crippen molar-refractivity contribution in [2.24, 2.45) is 0 Å². The first-order valence-electron chi connectivity index (χ1n) is 13.3. The van der Waals surface area contributed by atoms with Crippen LogP contribution in [0, 0.1) is 6.92 Å². The topological polar surface area (TPSA) is 92.2 Å². The standard InChI is InChI=1S/C31H33N3O5/c1-22-19-24(10-11-26(22)39-21-23-7-3-2-4-8-23)29(35)27-28(25-9-5-12-32-20-25)34(31(37)30(27)36)14-6-13-33-15-17-38-18-16-33/h2-5,7-12,19-20,28,35H,6,13-18,21H2,1H3/t28-/m1/s1. The van der Waals surface area contributed by atoms with Gasteiger partial charge in [0.1, 0.15) is 18.1 Å². The highest BCUT2D eigenvalue weighted by atomic mass is 16.5. The number of carbonyl (C=O) groups excluding carboxylic acids is 2. The maximum atomic E-state index is 13.3. The Hall–Kier alpha value is -4.01. The van der Waals surface area contributed by atoms with Crippen molar-refractivity contribution in [3.05, 3.63) is 101 Å². The molecule has 2 aliphatic heterocycles. The molecule has 1 aromatic heterocycles. The molecule has 1 amide bonds. The van der Waals surface area contributed by atoms with Gasteiger partial charge in [0.05, 0.1) is 24.8 Å². The number of aryl methyl sites for hydroxylation is 1. The number of likely N-dealkylation sites (tertiary alicyclic amines) is 1. The van der Waals surface area contributed by atoms with E-state index in [0.717, 1.165) is 30.8 Å². The van der Waals surface area contributed by atoms with Crippen LogP contribution in [0.25, 0.3) is 5.76 Å². The molecule has 0 saturated carbocycles. The van der Waals surface area contributed by atoms with Crippen LogP contribution < -0.4 is 4.74 Å². The zero-order chi connectivity index (χ0) is 27.2. The third-order valence-electron chi connectivity index (χ3n) is 7.20. The van der Waals surface area contributed by atoms with Gasteiger partial charge in [-0.05, 0) is 54.3 Å². The first kappa shape index (κ1) is 26.6. The highest BCUT2D eigenvalue weighted by Crippen LogP contribution is 2.39. The minimum Gasteiger partial charge on any atom is -0.507 e.